The van der Waals surface area contributed by atoms with Crippen molar-refractivity contribution in [1.29, 1.82) is 0 Å². The number of carbonyl (C=O) groups is 4. The maximum atomic E-state index is 14.1. The number of phenolic OH excluding ortho intramolecular Hbond substituents is 1. The lowest BCUT2D eigenvalue weighted by atomic mass is 9.85. The van der Waals surface area contributed by atoms with Gasteiger partial charge in [-0.15, -0.1) is 21.5 Å². The fourth-order valence-electron chi connectivity index (χ4n) is 8.69. The number of nitrogens with two attached hydrogens (primary N) is 1. The predicted octanol–water partition coefficient (Wildman–Crippen LogP) is 6.78. The van der Waals surface area contributed by atoms with Gasteiger partial charge in [-0.25, -0.2) is 4.98 Å². The minimum atomic E-state index is -0.859. The van der Waals surface area contributed by atoms with Crippen molar-refractivity contribution in [3.63, 3.8) is 0 Å². The molecule has 0 radical (unpaired) electrons. The molecule has 0 unspecified atom stereocenters. The summed E-state index contributed by atoms with van der Waals surface area (Å²) in [6.07, 6.45) is 7.72. The first-order valence-corrected chi connectivity index (χ1v) is 24.0. The maximum Gasteiger partial charge on any atom is 0.246 e. The number of unbranched alkanes of at least 4 members (excludes halogenated alkanes) is 7. The van der Waals surface area contributed by atoms with Crippen molar-refractivity contribution in [2.75, 3.05) is 43.4 Å². The van der Waals surface area contributed by atoms with Crippen LogP contribution >= 0.6 is 11.3 Å². The van der Waals surface area contributed by atoms with E-state index in [-0.39, 0.29) is 48.4 Å². The van der Waals surface area contributed by atoms with Gasteiger partial charge in [0.05, 0.1) is 39.6 Å². The van der Waals surface area contributed by atoms with E-state index in [2.05, 4.69) is 30.7 Å². The number of likely N-dealkylation sites (tertiary alicyclic amines) is 1. The normalized spacial score (nSPS) is 17.5. The van der Waals surface area contributed by atoms with Crippen LogP contribution in [-0.2, 0) is 19.2 Å². The zero-order valence-electron chi connectivity index (χ0n) is 38.6. The second-order valence-corrected chi connectivity index (χ2v) is 19.4. The van der Waals surface area contributed by atoms with Crippen LogP contribution in [0.15, 0.2) is 60.1 Å². The number of hydrogen-bond acceptors (Lipinski definition) is 12. The number of aromatic hydroxyl groups is 1. The number of aromatic nitrogens is 3. The Labute approximate surface area is 387 Å². The van der Waals surface area contributed by atoms with Gasteiger partial charge < -0.3 is 41.3 Å². The van der Waals surface area contributed by atoms with Crippen molar-refractivity contribution >= 4 is 46.5 Å². The summed E-state index contributed by atoms with van der Waals surface area (Å²) in [7, 11) is 0. The summed E-state index contributed by atoms with van der Waals surface area (Å²) in [5.74, 6) is -0.292. The van der Waals surface area contributed by atoms with Crippen LogP contribution in [0.1, 0.15) is 116 Å². The van der Waals surface area contributed by atoms with Gasteiger partial charge in [-0.3, -0.25) is 19.2 Å². The van der Waals surface area contributed by atoms with Crippen LogP contribution in [0, 0.1) is 12.3 Å². The Morgan fingerprint density at radius 2 is 1.52 bits per heavy atom. The van der Waals surface area contributed by atoms with Gasteiger partial charge in [0, 0.05) is 57.5 Å². The number of aliphatic hydroxyl groups excluding tert-OH is 1. The Morgan fingerprint density at radius 1 is 0.877 bits per heavy atom. The van der Waals surface area contributed by atoms with Crippen molar-refractivity contribution in [2.24, 2.45) is 5.41 Å². The SMILES string of the molecule is Cc1ncsc1-c1ccc([C@H](C)NC(=O)[C@@H]2C[C@@H](O)CN2C(=O)[C@@H](NC(=O)CCCCCCCCCCC(=O)N2CCN(c3cc(-c4ccccc4O)nnc3N)CC2)C(C)(C)C)cc1. The van der Waals surface area contributed by atoms with Crippen LogP contribution in [0.4, 0.5) is 11.5 Å². The number of aryl methyl sites for hydroxylation is 1. The van der Waals surface area contributed by atoms with Gasteiger partial charge in [-0.05, 0) is 61.4 Å². The Morgan fingerprint density at radius 3 is 2.15 bits per heavy atom. The van der Waals surface area contributed by atoms with Crippen molar-refractivity contribution < 1.29 is 29.4 Å². The lowest BCUT2D eigenvalue weighted by Crippen LogP contribution is -2.57. The van der Waals surface area contributed by atoms with Crippen LogP contribution < -0.4 is 21.3 Å². The van der Waals surface area contributed by atoms with E-state index in [0.29, 0.717) is 62.5 Å². The molecule has 6 rings (SSSR count). The number of para-hydroxylation sites is 1. The first-order chi connectivity index (χ1) is 31.1. The van der Waals surface area contributed by atoms with E-state index in [4.69, 9.17) is 5.73 Å². The Balaban J connectivity index is 0.850. The number of piperazine rings is 1. The first kappa shape index (κ1) is 48.8. The number of phenols is 1. The quantitative estimate of drug-likeness (QED) is 0.0620. The van der Waals surface area contributed by atoms with E-state index >= 15 is 0 Å². The minimum Gasteiger partial charge on any atom is -0.507 e. The molecular weight excluding hydrogens is 843 g/mol. The molecule has 4 amide bonds. The van der Waals surface area contributed by atoms with Gasteiger partial charge in [-0.2, -0.15) is 0 Å². The summed E-state index contributed by atoms with van der Waals surface area (Å²) in [4.78, 5) is 64.8. The standard InChI is InChI=1S/C49H67N9O6S/c1-32(34-20-22-35(23-21-34)44-33(2)51-31-65-44)52-47(63)40-28-36(59)30-58(40)48(64)45(49(3,4)5)53-42(61)18-12-10-8-6-7-9-11-13-19-43(62)57-26-24-56(25-27-57)39-29-38(54-55-46(39)50)37-16-14-15-17-41(37)60/h14-17,20-23,29,31-32,36,40,45,59-60H,6-13,18-19,24-28,30H2,1-5H3,(H2,50,55)(H,52,63)(H,53,61)/t32-,36+,40-,45+/m0/s1. The van der Waals surface area contributed by atoms with Crippen LogP contribution in [0.5, 0.6) is 5.75 Å². The summed E-state index contributed by atoms with van der Waals surface area (Å²) in [6, 6.07) is 14.8. The molecule has 2 fully saturated rings. The smallest absolute Gasteiger partial charge is 0.246 e. The highest BCUT2D eigenvalue weighted by Gasteiger charge is 2.44. The third kappa shape index (κ3) is 13.0. The third-order valence-electron chi connectivity index (χ3n) is 12.6. The van der Waals surface area contributed by atoms with E-state index in [1.54, 1.807) is 29.5 Å². The van der Waals surface area contributed by atoms with E-state index in [1.165, 1.54) is 4.90 Å². The number of nitrogens with one attached hydrogen (secondary N) is 2. The van der Waals surface area contributed by atoms with E-state index in [1.807, 2.05) is 81.4 Å². The molecule has 4 atom stereocenters. The van der Waals surface area contributed by atoms with Gasteiger partial charge >= 0.3 is 0 Å². The van der Waals surface area contributed by atoms with E-state index < -0.39 is 23.6 Å². The molecule has 16 heteroatoms. The van der Waals surface area contributed by atoms with Crippen molar-refractivity contribution in [1.82, 2.24) is 35.6 Å². The van der Waals surface area contributed by atoms with Gasteiger partial charge in [0.1, 0.15) is 17.8 Å². The maximum absolute atomic E-state index is 14.1. The molecule has 65 heavy (non-hydrogen) atoms. The van der Waals surface area contributed by atoms with Crippen LogP contribution in [0.3, 0.4) is 0 Å². The third-order valence-corrected chi connectivity index (χ3v) is 13.5. The second-order valence-electron chi connectivity index (χ2n) is 18.6. The molecule has 15 nitrogen and oxygen atoms in total. The minimum absolute atomic E-state index is 0.0252. The lowest BCUT2D eigenvalue weighted by Gasteiger charge is -2.36. The number of aliphatic hydroxyl groups is 1. The second kappa shape index (κ2) is 22.5. The molecule has 2 aliphatic heterocycles. The molecule has 2 aromatic carbocycles. The van der Waals surface area contributed by atoms with Crippen LogP contribution in [-0.4, -0.2) is 110 Å². The molecule has 0 saturated carbocycles. The lowest BCUT2D eigenvalue weighted by molar-refractivity contribution is -0.144. The zero-order valence-corrected chi connectivity index (χ0v) is 39.4. The summed E-state index contributed by atoms with van der Waals surface area (Å²) in [5.41, 5.74) is 12.2. The largest absolute Gasteiger partial charge is 0.507 e. The van der Waals surface area contributed by atoms with E-state index in [0.717, 1.165) is 72.3 Å². The molecule has 2 aliphatic rings. The van der Waals surface area contributed by atoms with Gasteiger partial charge in [0.2, 0.25) is 23.6 Å². The molecule has 4 heterocycles. The number of β-amino-alcohol motifs (C(OH)–C–C–N with tert-alkyl or cyclic N) is 1. The highest BCUT2D eigenvalue weighted by atomic mass is 32.1. The molecule has 4 aromatic rings. The number of carbonyl (C=O) groups excluding carboxylic acids is 4. The molecule has 0 spiro atoms. The number of thiazole rings is 1. The number of amides is 4. The van der Waals surface area contributed by atoms with Gasteiger partial charge in [-0.1, -0.05) is 95.7 Å². The van der Waals surface area contributed by atoms with Crippen LogP contribution in [0.2, 0.25) is 0 Å². The molecule has 2 saturated heterocycles. The molecule has 0 bridgehead atoms. The monoisotopic (exact) mass is 909 g/mol. The highest BCUT2D eigenvalue weighted by molar-refractivity contribution is 7.13. The number of nitrogen functional groups attached to an aromatic ring is 1. The van der Waals surface area contributed by atoms with Crippen LogP contribution in [0.25, 0.3) is 21.7 Å². The fraction of sp³-hybridized carbons (Fsp3) is 0.531. The highest BCUT2D eigenvalue weighted by Crippen LogP contribution is 2.33. The van der Waals surface area contributed by atoms with Crippen molar-refractivity contribution in [3.8, 4) is 27.4 Å². The summed E-state index contributed by atoms with van der Waals surface area (Å²) in [5, 5.41) is 35.2. The summed E-state index contributed by atoms with van der Waals surface area (Å²) < 4.78 is 0. The Bertz CT molecular complexity index is 2240. The average molecular weight is 910 g/mol. The van der Waals surface area contributed by atoms with Gasteiger partial charge in [0.25, 0.3) is 0 Å². The van der Waals surface area contributed by atoms with Crippen molar-refractivity contribution in [3.05, 3.63) is 71.4 Å². The molecule has 6 N–H and O–H groups in total. The topological polar surface area (TPSA) is 207 Å². The Kier molecular flexibility index (Phi) is 16.9. The number of rotatable bonds is 19. The number of anilines is 2. The fourth-order valence-corrected chi connectivity index (χ4v) is 9.50. The van der Waals surface area contributed by atoms with Gasteiger partial charge in [0.15, 0.2) is 5.82 Å². The average Bonchev–Trinajstić information content (AvgIpc) is 3.91. The Hall–Kier alpha value is -5.61. The van der Waals surface area contributed by atoms with E-state index in [9.17, 15) is 29.4 Å². The first-order valence-electron chi connectivity index (χ1n) is 23.1. The predicted molar refractivity (Wildman–Crippen MR) is 255 cm³/mol. The number of hydrogen-bond donors (Lipinski definition) is 5. The molecular formula is C49H67N9O6S. The molecule has 0 aliphatic carbocycles. The number of benzene rings is 2. The number of nitrogens with zero attached hydrogens (tertiary/aromatic N) is 6. The molecule has 2 aromatic heterocycles. The van der Waals surface area contributed by atoms with Crippen molar-refractivity contribution in [2.45, 2.75) is 129 Å². The summed E-state index contributed by atoms with van der Waals surface area (Å²) >= 11 is 1.58. The zero-order chi connectivity index (χ0) is 46.7. The summed E-state index contributed by atoms with van der Waals surface area (Å²) in [6.45, 7) is 12.0. The molecule has 350 valence electrons.